The molecule has 2 heterocycles. The fraction of sp³-hybridized carbons (Fsp3) is 0.250. The summed E-state index contributed by atoms with van der Waals surface area (Å²) in [5, 5.41) is 3.86. The summed E-state index contributed by atoms with van der Waals surface area (Å²) >= 11 is 0. The SMILES string of the molecule is COc1cc(C2CC(C(F)(F)F)C2)c(F)cc1-n1c(=O)ccc2cc(S(=O)(=O)Nc3ccon3)ccc21. The molecule has 0 saturated heterocycles. The zero-order chi connectivity index (χ0) is 26.5. The van der Waals surface area contributed by atoms with Crippen LogP contribution in [-0.2, 0) is 10.0 Å². The van der Waals surface area contributed by atoms with Gasteiger partial charge in [-0.05, 0) is 54.7 Å². The standard InChI is InChI=1S/C24H19F4N3O5S/c1-35-21-11-17(14-8-15(9-14)24(26,27)28)18(25)12-20(21)31-19-4-3-16(10-13(19)2-5-23(31)32)37(33,34)30-22-6-7-36-29-22/h2-7,10-12,14-15H,8-9H2,1H3,(H,29,30). The van der Waals surface area contributed by atoms with Crippen molar-refractivity contribution in [1.82, 2.24) is 9.72 Å². The summed E-state index contributed by atoms with van der Waals surface area (Å²) in [7, 11) is -2.73. The lowest BCUT2D eigenvalue weighted by atomic mass is 9.71. The first-order chi connectivity index (χ1) is 17.5. The van der Waals surface area contributed by atoms with Crippen molar-refractivity contribution >= 4 is 26.7 Å². The molecule has 1 N–H and O–H groups in total. The Bertz CT molecular complexity index is 1640. The molecular weight excluding hydrogens is 518 g/mol. The van der Waals surface area contributed by atoms with Gasteiger partial charge in [0, 0.05) is 23.6 Å². The number of hydrogen-bond acceptors (Lipinski definition) is 6. The van der Waals surface area contributed by atoms with Gasteiger partial charge in [-0.15, -0.1) is 0 Å². The molecule has 0 unspecified atom stereocenters. The number of nitrogens with one attached hydrogen (secondary N) is 1. The lowest BCUT2D eigenvalue weighted by Crippen LogP contribution is -2.34. The van der Waals surface area contributed by atoms with Crippen molar-refractivity contribution in [3.05, 3.63) is 76.5 Å². The minimum Gasteiger partial charge on any atom is -0.495 e. The number of halogens is 4. The molecule has 0 amide bonds. The lowest BCUT2D eigenvalue weighted by Gasteiger charge is -2.37. The Morgan fingerprint density at radius 3 is 2.51 bits per heavy atom. The predicted octanol–water partition coefficient (Wildman–Crippen LogP) is 4.98. The minimum atomic E-state index is -4.33. The van der Waals surface area contributed by atoms with Crippen molar-refractivity contribution in [1.29, 1.82) is 0 Å². The van der Waals surface area contributed by atoms with E-state index in [1.807, 2.05) is 0 Å². The van der Waals surface area contributed by atoms with Gasteiger partial charge in [0.25, 0.3) is 15.6 Å². The van der Waals surface area contributed by atoms with Gasteiger partial charge in [-0.2, -0.15) is 13.2 Å². The summed E-state index contributed by atoms with van der Waals surface area (Å²) < 4.78 is 92.7. The van der Waals surface area contributed by atoms with Gasteiger partial charge < -0.3 is 9.26 Å². The summed E-state index contributed by atoms with van der Waals surface area (Å²) in [5.41, 5.74) is -0.168. The number of methoxy groups -OCH3 is 1. The van der Waals surface area contributed by atoms with Crippen LogP contribution in [0.25, 0.3) is 16.6 Å². The van der Waals surface area contributed by atoms with Crippen LogP contribution in [0.4, 0.5) is 23.4 Å². The molecule has 0 spiro atoms. The Hall–Kier alpha value is -3.87. The molecule has 1 aliphatic carbocycles. The topological polar surface area (TPSA) is 103 Å². The average molecular weight is 537 g/mol. The molecule has 2 aromatic heterocycles. The Balaban J connectivity index is 1.55. The van der Waals surface area contributed by atoms with Crippen LogP contribution in [0.1, 0.15) is 24.3 Å². The zero-order valence-corrected chi connectivity index (χ0v) is 19.9. The van der Waals surface area contributed by atoms with E-state index in [0.717, 1.165) is 10.6 Å². The third-order valence-electron chi connectivity index (χ3n) is 6.43. The monoisotopic (exact) mass is 537 g/mol. The molecular formula is C24H19F4N3O5S. The largest absolute Gasteiger partial charge is 0.495 e. The second kappa shape index (κ2) is 8.91. The summed E-state index contributed by atoms with van der Waals surface area (Å²) in [6, 6.07) is 10.3. The molecule has 8 nitrogen and oxygen atoms in total. The van der Waals surface area contributed by atoms with Gasteiger partial charge in [0.15, 0.2) is 5.82 Å². The highest BCUT2D eigenvalue weighted by atomic mass is 32.2. The molecule has 1 aliphatic rings. The van der Waals surface area contributed by atoms with Gasteiger partial charge in [-0.1, -0.05) is 5.16 Å². The maximum atomic E-state index is 15.1. The third-order valence-corrected chi connectivity index (χ3v) is 7.79. The Morgan fingerprint density at radius 1 is 1.11 bits per heavy atom. The molecule has 37 heavy (non-hydrogen) atoms. The summed E-state index contributed by atoms with van der Waals surface area (Å²) in [6.07, 6.45) is -3.58. The van der Waals surface area contributed by atoms with Crippen LogP contribution in [0.2, 0.25) is 0 Å². The Morgan fingerprint density at radius 2 is 1.86 bits per heavy atom. The number of aromatic nitrogens is 2. The van der Waals surface area contributed by atoms with Crippen molar-refractivity contribution in [2.45, 2.75) is 29.8 Å². The van der Waals surface area contributed by atoms with Crippen LogP contribution < -0.4 is 15.0 Å². The molecule has 1 saturated carbocycles. The van der Waals surface area contributed by atoms with E-state index < -0.39 is 39.4 Å². The number of nitrogens with zero attached hydrogens (tertiary/aromatic N) is 2. The maximum absolute atomic E-state index is 15.1. The number of benzene rings is 2. The summed E-state index contributed by atoms with van der Waals surface area (Å²) in [6.45, 7) is 0. The highest BCUT2D eigenvalue weighted by Gasteiger charge is 2.48. The molecule has 0 atom stereocenters. The first-order valence-electron chi connectivity index (χ1n) is 11.0. The van der Waals surface area contributed by atoms with Gasteiger partial charge in [0.2, 0.25) is 0 Å². The summed E-state index contributed by atoms with van der Waals surface area (Å²) in [5.74, 6) is -2.79. The fourth-order valence-electron chi connectivity index (χ4n) is 4.45. The molecule has 0 aliphatic heterocycles. The lowest BCUT2D eigenvalue weighted by molar-refractivity contribution is -0.197. The van der Waals surface area contributed by atoms with E-state index in [1.165, 1.54) is 55.8 Å². The molecule has 5 rings (SSSR count). The highest BCUT2D eigenvalue weighted by Crippen LogP contribution is 2.50. The molecule has 0 radical (unpaired) electrons. The summed E-state index contributed by atoms with van der Waals surface area (Å²) in [4.78, 5) is 12.7. The second-order valence-corrected chi connectivity index (χ2v) is 10.4. The molecule has 194 valence electrons. The molecule has 1 fully saturated rings. The number of alkyl halides is 3. The maximum Gasteiger partial charge on any atom is 0.391 e. The van der Waals surface area contributed by atoms with Crippen LogP contribution in [0.5, 0.6) is 5.75 Å². The van der Waals surface area contributed by atoms with Gasteiger partial charge in [0.05, 0.1) is 29.1 Å². The predicted molar refractivity (Wildman–Crippen MR) is 125 cm³/mol. The van der Waals surface area contributed by atoms with Crippen LogP contribution in [0, 0.1) is 11.7 Å². The number of hydrogen-bond donors (Lipinski definition) is 1. The quantitative estimate of drug-likeness (QED) is 0.348. The van der Waals surface area contributed by atoms with Crippen LogP contribution >= 0.6 is 0 Å². The van der Waals surface area contributed by atoms with E-state index in [0.29, 0.717) is 5.39 Å². The van der Waals surface area contributed by atoms with Gasteiger partial charge in [0.1, 0.15) is 17.8 Å². The average Bonchev–Trinajstić information content (AvgIpc) is 3.30. The van der Waals surface area contributed by atoms with Crippen LogP contribution in [0.3, 0.4) is 0 Å². The van der Waals surface area contributed by atoms with Crippen molar-refractivity contribution in [2.75, 3.05) is 11.8 Å². The molecule has 13 heteroatoms. The van der Waals surface area contributed by atoms with Gasteiger partial charge in [-0.3, -0.25) is 14.1 Å². The number of anilines is 1. The molecule has 4 aromatic rings. The highest BCUT2D eigenvalue weighted by molar-refractivity contribution is 7.92. The van der Waals surface area contributed by atoms with Crippen molar-refractivity contribution < 1.29 is 35.2 Å². The zero-order valence-electron chi connectivity index (χ0n) is 19.1. The van der Waals surface area contributed by atoms with E-state index in [4.69, 9.17) is 4.74 Å². The van der Waals surface area contributed by atoms with Crippen molar-refractivity contribution in [2.24, 2.45) is 5.92 Å². The number of ether oxygens (including phenoxy) is 1. The van der Waals surface area contributed by atoms with Crippen LogP contribution in [-0.4, -0.2) is 31.4 Å². The first-order valence-corrected chi connectivity index (χ1v) is 12.5. The fourth-order valence-corrected chi connectivity index (χ4v) is 5.48. The normalized spacial score (nSPS) is 18.0. The number of rotatable bonds is 6. The van der Waals surface area contributed by atoms with E-state index in [1.54, 1.807) is 0 Å². The van der Waals surface area contributed by atoms with Crippen molar-refractivity contribution in [3.63, 3.8) is 0 Å². The minimum absolute atomic E-state index is 0.0154. The number of fused-ring (bicyclic) bond motifs is 1. The van der Waals surface area contributed by atoms with E-state index in [9.17, 15) is 26.4 Å². The Labute approximate surface area is 207 Å². The van der Waals surface area contributed by atoms with E-state index >= 15 is 4.39 Å². The van der Waals surface area contributed by atoms with Crippen LogP contribution in [0.15, 0.2) is 69.0 Å². The first kappa shape index (κ1) is 24.8. The number of pyridine rings is 1. The van der Waals surface area contributed by atoms with Gasteiger partial charge >= 0.3 is 6.18 Å². The third kappa shape index (κ3) is 4.54. The van der Waals surface area contributed by atoms with Gasteiger partial charge in [-0.25, -0.2) is 12.8 Å². The number of sulfonamides is 1. The second-order valence-electron chi connectivity index (χ2n) is 8.67. The van der Waals surface area contributed by atoms with E-state index in [-0.39, 0.29) is 46.1 Å². The molecule has 2 aromatic carbocycles. The smallest absolute Gasteiger partial charge is 0.391 e. The molecule has 0 bridgehead atoms. The Kier molecular flexibility index (Phi) is 5.97. The van der Waals surface area contributed by atoms with E-state index in [2.05, 4.69) is 14.4 Å². The van der Waals surface area contributed by atoms with Crippen molar-refractivity contribution in [3.8, 4) is 11.4 Å².